The molecule has 1 aromatic heterocycles. The minimum Gasteiger partial charge on any atom is -0.312 e. The number of aryl methyl sites for hydroxylation is 1. The number of likely N-dealkylation sites (tertiary alicyclic amines) is 1. The van der Waals surface area contributed by atoms with Gasteiger partial charge in [0.15, 0.2) is 0 Å². The van der Waals surface area contributed by atoms with Crippen LogP contribution >= 0.6 is 0 Å². The van der Waals surface area contributed by atoms with Crippen LogP contribution in [0.5, 0.6) is 0 Å². The van der Waals surface area contributed by atoms with Crippen LogP contribution in [-0.4, -0.2) is 29.1 Å². The Labute approximate surface area is 137 Å². The number of pyridine rings is 1. The van der Waals surface area contributed by atoms with Crippen LogP contribution in [0.4, 0.5) is 0 Å². The van der Waals surface area contributed by atoms with Crippen molar-refractivity contribution in [3.8, 4) is 0 Å². The second kappa shape index (κ2) is 6.32. The van der Waals surface area contributed by atoms with Crippen LogP contribution in [0.15, 0.2) is 53.3 Å². The molecule has 2 aliphatic rings. The third-order valence-corrected chi connectivity index (χ3v) is 5.34. The Kier molecular flexibility index (Phi) is 4.04. The van der Waals surface area contributed by atoms with Gasteiger partial charge >= 0.3 is 0 Å². The Hall–Kier alpha value is -1.87. The van der Waals surface area contributed by atoms with Crippen molar-refractivity contribution in [2.45, 2.75) is 31.7 Å². The van der Waals surface area contributed by atoms with Crippen molar-refractivity contribution >= 4 is 0 Å². The van der Waals surface area contributed by atoms with Gasteiger partial charge in [0.1, 0.15) is 0 Å². The van der Waals surface area contributed by atoms with E-state index < -0.39 is 0 Å². The Morgan fingerprint density at radius 2 is 1.83 bits per heavy atom. The van der Waals surface area contributed by atoms with Gasteiger partial charge in [0.05, 0.1) is 0 Å². The van der Waals surface area contributed by atoms with Crippen molar-refractivity contribution in [2.75, 3.05) is 19.6 Å². The number of piperidine rings is 1. The molecule has 0 radical (unpaired) electrons. The number of hydrogen-bond donors (Lipinski definition) is 0. The van der Waals surface area contributed by atoms with E-state index >= 15 is 0 Å². The highest BCUT2D eigenvalue weighted by Crippen LogP contribution is 2.34. The molecule has 2 unspecified atom stereocenters. The Morgan fingerprint density at radius 1 is 0.957 bits per heavy atom. The summed E-state index contributed by atoms with van der Waals surface area (Å²) in [6.07, 6.45) is 3.62. The van der Waals surface area contributed by atoms with Crippen molar-refractivity contribution in [3.63, 3.8) is 0 Å². The lowest BCUT2D eigenvalue weighted by atomic mass is 9.83. The molecule has 0 aliphatic carbocycles. The van der Waals surface area contributed by atoms with Gasteiger partial charge < -0.3 is 9.47 Å². The number of nitrogens with zero attached hydrogens (tertiary/aromatic N) is 2. The molecule has 3 heteroatoms. The molecule has 120 valence electrons. The monoisotopic (exact) mass is 308 g/mol. The maximum Gasteiger partial charge on any atom is 0.250 e. The lowest BCUT2D eigenvalue weighted by Crippen LogP contribution is -2.47. The maximum atomic E-state index is 12.1. The van der Waals surface area contributed by atoms with Gasteiger partial charge in [-0.3, -0.25) is 4.79 Å². The van der Waals surface area contributed by atoms with Crippen molar-refractivity contribution in [1.82, 2.24) is 9.47 Å². The quantitative estimate of drug-likeness (QED) is 0.868. The zero-order valence-corrected chi connectivity index (χ0v) is 13.5. The van der Waals surface area contributed by atoms with Crippen LogP contribution in [0.1, 0.15) is 30.0 Å². The predicted molar refractivity (Wildman–Crippen MR) is 92.8 cm³/mol. The Bertz CT molecular complexity index is 722. The minimum absolute atomic E-state index is 0.176. The molecule has 2 bridgehead atoms. The van der Waals surface area contributed by atoms with E-state index in [-0.39, 0.29) is 5.56 Å². The number of hydrogen-bond acceptors (Lipinski definition) is 2. The van der Waals surface area contributed by atoms with Crippen molar-refractivity contribution in [3.05, 3.63) is 70.1 Å². The van der Waals surface area contributed by atoms with Crippen LogP contribution in [0.3, 0.4) is 0 Å². The molecule has 0 spiro atoms. The van der Waals surface area contributed by atoms with E-state index in [1.807, 2.05) is 10.6 Å². The molecule has 4 rings (SSSR count). The standard InChI is InChI=1S/C20H24N2O/c23-20-10-4-9-19-18-12-17(14-22(19)20)13-21(15-18)11-5-8-16-6-2-1-3-7-16/h1-4,6-7,9-10,17-18H,5,8,11-15H2. The largest absolute Gasteiger partial charge is 0.312 e. The first-order valence-corrected chi connectivity index (χ1v) is 8.75. The first-order chi connectivity index (χ1) is 11.3. The summed E-state index contributed by atoms with van der Waals surface area (Å²) in [5, 5.41) is 0. The SMILES string of the molecule is O=c1cccc2n1CC1CC2CN(CCCc2ccccc2)C1. The third kappa shape index (κ3) is 3.11. The summed E-state index contributed by atoms with van der Waals surface area (Å²) < 4.78 is 2.01. The third-order valence-electron chi connectivity index (χ3n) is 5.34. The van der Waals surface area contributed by atoms with E-state index in [9.17, 15) is 4.79 Å². The average molecular weight is 308 g/mol. The summed E-state index contributed by atoms with van der Waals surface area (Å²) in [6, 6.07) is 16.5. The predicted octanol–water partition coefficient (Wildman–Crippen LogP) is 2.90. The van der Waals surface area contributed by atoms with E-state index in [0.717, 1.165) is 26.1 Å². The molecule has 1 aromatic carbocycles. The second-order valence-electron chi connectivity index (χ2n) is 7.05. The van der Waals surface area contributed by atoms with Gasteiger partial charge in [0.25, 0.3) is 5.56 Å². The fourth-order valence-electron chi connectivity index (χ4n) is 4.33. The number of benzene rings is 1. The van der Waals surface area contributed by atoms with E-state index in [1.165, 1.54) is 30.6 Å². The molecular weight excluding hydrogens is 284 g/mol. The molecule has 2 aliphatic heterocycles. The van der Waals surface area contributed by atoms with Gasteiger partial charge in [-0.1, -0.05) is 36.4 Å². The maximum absolute atomic E-state index is 12.1. The lowest BCUT2D eigenvalue weighted by molar-refractivity contribution is 0.119. The normalized spacial score (nSPS) is 23.5. The van der Waals surface area contributed by atoms with Crippen molar-refractivity contribution in [2.24, 2.45) is 5.92 Å². The van der Waals surface area contributed by atoms with Crippen LogP contribution in [-0.2, 0) is 13.0 Å². The number of fused-ring (bicyclic) bond motifs is 4. The number of rotatable bonds is 4. The number of aromatic nitrogens is 1. The minimum atomic E-state index is 0.176. The summed E-state index contributed by atoms with van der Waals surface area (Å²) in [5.74, 6) is 1.17. The van der Waals surface area contributed by atoms with E-state index in [2.05, 4.69) is 41.3 Å². The van der Waals surface area contributed by atoms with Gasteiger partial charge in [0.2, 0.25) is 0 Å². The highest BCUT2D eigenvalue weighted by molar-refractivity contribution is 5.17. The van der Waals surface area contributed by atoms with Crippen molar-refractivity contribution < 1.29 is 0 Å². The summed E-state index contributed by atoms with van der Waals surface area (Å²) in [7, 11) is 0. The van der Waals surface area contributed by atoms with Crippen molar-refractivity contribution in [1.29, 1.82) is 0 Å². The van der Waals surface area contributed by atoms with Crippen LogP contribution in [0.2, 0.25) is 0 Å². The molecule has 1 saturated heterocycles. The van der Waals surface area contributed by atoms with Gasteiger partial charge in [-0.2, -0.15) is 0 Å². The molecule has 0 saturated carbocycles. The highest BCUT2D eigenvalue weighted by Gasteiger charge is 2.33. The van der Waals surface area contributed by atoms with E-state index in [1.54, 1.807) is 6.07 Å². The molecule has 1 fully saturated rings. The van der Waals surface area contributed by atoms with Gasteiger partial charge in [-0.25, -0.2) is 0 Å². The van der Waals surface area contributed by atoms with Gasteiger partial charge in [-0.15, -0.1) is 0 Å². The van der Waals surface area contributed by atoms with E-state index in [4.69, 9.17) is 0 Å². The summed E-state index contributed by atoms with van der Waals surface area (Å²) in [4.78, 5) is 14.7. The van der Waals surface area contributed by atoms with Crippen LogP contribution in [0, 0.1) is 5.92 Å². The summed E-state index contributed by atoms with van der Waals surface area (Å²) in [5.41, 5.74) is 2.86. The molecule has 0 N–H and O–H groups in total. The van der Waals surface area contributed by atoms with Gasteiger partial charge in [0, 0.05) is 37.3 Å². The lowest BCUT2D eigenvalue weighted by Gasteiger charge is -2.42. The molecule has 0 amide bonds. The first kappa shape index (κ1) is 14.7. The molecule has 23 heavy (non-hydrogen) atoms. The summed E-state index contributed by atoms with van der Waals surface area (Å²) >= 11 is 0. The molecule has 3 nitrogen and oxygen atoms in total. The highest BCUT2D eigenvalue weighted by atomic mass is 16.1. The fraction of sp³-hybridized carbons (Fsp3) is 0.450. The molecule has 3 heterocycles. The zero-order valence-electron chi connectivity index (χ0n) is 13.5. The fourth-order valence-corrected chi connectivity index (χ4v) is 4.33. The van der Waals surface area contributed by atoms with Gasteiger partial charge in [-0.05, 0) is 43.4 Å². The second-order valence-corrected chi connectivity index (χ2v) is 7.05. The zero-order chi connectivity index (χ0) is 15.6. The van der Waals surface area contributed by atoms with E-state index in [0.29, 0.717) is 11.8 Å². The molecular formula is C20H24N2O. The Morgan fingerprint density at radius 3 is 2.70 bits per heavy atom. The topological polar surface area (TPSA) is 25.2 Å². The Balaban J connectivity index is 1.40. The smallest absolute Gasteiger partial charge is 0.250 e. The first-order valence-electron chi connectivity index (χ1n) is 8.75. The van der Waals surface area contributed by atoms with Crippen LogP contribution < -0.4 is 5.56 Å². The summed E-state index contributed by atoms with van der Waals surface area (Å²) in [6.45, 7) is 4.32. The average Bonchev–Trinajstić information content (AvgIpc) is 2.57. The molecule has 2 atom stereocenters. The molecule has 2 aromatic rings. The van der Waals surface area contributed by atoms with Crippen LogP contribution in [0.25, 0.3) is 0 Å².